The molecule has 0 spiro atoms. The molecule has 0 aromatic heterocycles. The summed E-state index contributed by atoms with van der Waals surface area (Å²) in [5.74, 6) is 1.74. The van der Waals surface area contributed by atoms with Crippen molar-refractivity contribution in [2.75, 3.05) is 0 Å². The molecule has 0 aliphatic heterocycles. The first-order valence-electron chi connectivity index (χ1n) is 9.96. The Morgan fingerprint density at radius 1 is 0.565 bits per heavy atom. The molecule has 0 rings (SSSR count). The van der Waals surface area contributed by atoms with Gasteiger partial charge in [0.15, 0.2) is 0 Å². The SMILES string of the molecule is CCCCCC(C)C(C)(C)C.CCCCCC(C)C(C)(C)C.[Sr]. The van der Waals surface area contributed by atoms with E-state index in [9.17, 15) is 0 Å². The fourth-order valence-corrected chi connectivity index (χ4v) is 2.27. The Kier molecular flexibility index (Phi) is 20.0. The van der Waals surface area contributed by atoms with Gasteiger partial charge in [0.05, 0.1) is 0 Å². The smallest absolute Gasteiger partial charge is 0 e. The predicted octanol–water partition coefficient (Wildman–Crippen LogP) is 8.12. The zero-order chi connectivity index (χ0) is 17.8. The van der Waals surface area contributed by atoms with Crippen LogP contribution in [0.2, 0.25) is 0 Å². The first kappa shape index (κ1) is 29.3. The molecule has 0 aliphatic rings. The number of rotatable bonds is 8. The summed E-state index contributed by atoms with van der Waals surface area (Å²) in [5, 5.41) is 0. The number of hydrogen-bond acceptors (Lipinski definition) is 0. The van der Waals surface area contributed by atoms with Gasteiger partial charge in [0, 0.05) is 45.5 Å². The van der Waals surface area contributed by atoms with Gasteiger partial charge in [0.1, 0.15) is 0 Å². The molecule has 0 saturated carbocycles. The van der Waals surface area contributed by atoms with Crippen molar-refractivity contribution in [1.29, 1.82) is 0 Å². The summed E-state index contributed by atoms with van der Waals surface area (Å²) >= 11 is 0. The Hall–Kier alpha value is 1.48. The van der Waals surface area contributed by atoms with E-state index in [4.69, 9.17) is 0 Å². The van der Waals surface area contributed by atoms with E-state index in [1.165, 1.54) is 51.4 Å². The van der Waals surface area contributed by atoms with E-state index in [0.29, 0.717) is 10.8 Å². The second-order valence-corrected chi connectivity index (χ2v) is 9.53. The van der Waals surface area contributed by atoms with Gasteiger partial charge in [-0.15, -0.1) is 0 Å². The molecule has 2 atom stereocenters. The van der Waals surface area contributed by atoms with Gasteiger partial charge in [-0.1, -0.05) is 121 Å². The van der Waals surface area contributed by atoms with Gasteiger partial charge in [0.25, 0.3) is 0 Å². The summed E-state index contributed by atoms with van der Waals surface area (Å²) in [6, 6.07) is 0. The molecule has 0 nitrogen and oxygen atoms in total. The van der Waals surface area contributed by atoms with Crippen LogP contribution in [-0.2, 0) is 0 Å². The van der Waals surface area contributed by atoms with E-state index >= 15 is 0 Å². The normalized spacial score (nSPS) is 14.3. The minimum atomic E-state index is 0. The molecule has 0 amide bonds. The van der Waals surface area contributed by atoms with Crippen molar-refractivity contribution in [3.8, 4) is 0 Å². The molecule has 0 aromatic carbocycles. The maximum Gasteiger partial charge on any atom is 0 e. The van der Waals surface area contributed by atoms with E-state index in [2.05, 4.69) is 69.2 Å². The first-order chi connectivity index (χ1) is 9.96. The fourth-order valence-electron chi connectivity index (χ4n) is 2.27. The summed E-state index contributed by atoms with van der Waals surface area (Å²) in [6.45, 7) is 23.3. The molecule has 0 fully saturated rings. The van der Waals surface area contributed by atoms with Gasteiger partial charge >= 0.3 is 0 Å². The molecule has 0 aromatic rings. The molecule has 2 radical (unpaired) electrons. The van der Waals surface area contributed by atoms with Crippen LogP contribution in [0.3, 0.4) is 0 Å². The predicted molar refractivity (Wildman–Crippen MR) is 111 cm³/mol. The minimum absolute atomic E-state index is 0. The molecule has 23 heavy (non-hydrogen) atoms. The van der Waals surface area contributed by atoms with Crippen molar-refractivity contribution in [2.45, 2.75) is 121 Å². The molecule has 2 unspecified atom stereocenters. The first-order valence-corrected chi connectivity index (χ1v) is 9.96. The van der Waals surface area contributed by atoms with Crippen LogP contribution < -0.4 is 0 Å². The molecule has 0 aliphatic carbocycles. The standard InChI is InChI=1S/2C11H24.Sr/c2*1-6-7-8-9-10(2)11(3,4)5;/h2*10H,6-9H2,1-5H3;. The average Bonchev–Trinajstić information content (AvgIpc) is 2.37. The van der Waals surface area contributed by atoms with Gasteiger partial charge in [0.2, 0.25) is 0 Å². The zero-order valence-electron chi connectivity index (χ0n) is 18.5. The van der Waals surface area contributed by atoms with Crippen LogP contribution in [-0.4, -0.2) is 45.5 Å². The van der Waals surface area contributed by atoms with Gasteiger partial charge < -0.3 is 0 Å². The molecular formula is C22H48Sr. The maximum atomic E-state index is 2.37. The van der Waals surface area contributed by atoms with Crippen molar-refractivity contribution in [3.63, 3.8) is 0 Å². The Balaban J connectivity index is -0.000000333. The number of unbranched alkanes of at least 4 members (excludes halogenated alkanes) is 4. The summed E-state index contributed by atoms with van der Waals surface area (Å²) in [4.78, 5) is 0. The Morgan fingerprint density at radius 2 is 0.826 bits per heavy atom. The van der Waals surface area contributed by atoms with E-state index in [1.807, 2.05) is 0 Å². The number of hydrogen-bond donors (Lipinski definition) is 0. The summed E-state index contributed by atoms with van der Waals surface area (Å²) < 4.78 is 0. The molecule has 0 bridgehead atoms. The average molecular weight is 400 g/mol. The third kappa shape index (κ3) is 19.7. The van der Waals surface area contributed by atoms with Crippen molar-refractivity contribution >= 4 is 45.5 Å². The maximum absolute atomic E-state index is 2.37. The van der Waals surface area contributed by atoms with Crippen LogP contribution in [0.5, 0.6) is 0 Å². The van der Waals surface area contributed by atoms with Crippen LogP contribution in [0.25, 0.3) is 0 Å². The van der Waals surface area contributed by atoms with Crippen molar-refractivity contribution in [2.24, 2.45) is 22.7 Å². The molecular weight excluding hydrogens is 352 g/mol. The Bertz CT molecular complexity index is 205. The van der Waals surface area contributed by atoms with Crippen LogP contribution in [0.15, 0.2) is 0 Å². The second-order valence-electron chi connectivity index (χ2n) is 9.53. The van der Waals surface area contributed by atoms with E-state index in [1.54, 1.807) is 0 Å². The Morgan fingerprint density at radius 3 is 1.00 bits per heavy atom. The molecule has 138 valence electrons. The van der Waals surface area contributed by atoms with E-state index in [-0.39, 0.29) is 45.5 Å². The molecule has 0 heterocycles. The fraction of sp³-hybridized carbons (Fsp3) is 1.00. The largest absolute Gasteiger partial charge is 0.0654 e. The van der Waals surface area contributed by atoms with Gasteiger partial charge in [-0.3, -0.25) is 0 Å². The molecule has 1 heteroatoms. The topological polar surface area (TPSA) is 0 Å². The van der Waals surface area contributed by atoms with Crippen molar-refractivity contribution < 1.29 is 0 Å². The van der Waals surface area contributed by atoms with Crippen molar-refractivity contribution in [1.82, 2.24) is 0 Å². The monoisotopic (exact) mass is 400 g/mol. The van der Waals surface area contributed by atoms with Gasteiger partial charge in [-0.25, -0.2) is 0 Å². The van der Waals surface area contributed by atoms with Crippen molar-refractivity contribution in [3.05, 3.63) is 0 Å². The van der Waals surface area contributed by atoms with Crippen LogP contribution >= 0.6 is 0 Å². The van der Waals surface area contributed by atoms with E-state index < -0.39 is 0 Å². The molecule has 0 saturated heterocycles. The molecule has 0 N–H and O–H groups in total. The quantitative estimate of drug-likeness (QED) is 0.285. The summed E-state index contributed by atoms with van der Waals surface area (Å²) in [7, 11) is 0. The zero-order valence-corrected chi connectivity index (χ0v) is 22.0. The summed E-state index contributed by atoms with van der Waals surface area (Å²) in [5.41, 5.74) is 1.02. The van der Waals surface area contributed by atoms with E-state index in [0.717, 1.165) is 11.8 Å². The van der Waals surface area contributed by atoms with Crippen LogP contribution in [0.4, 0.5) is 0 Å². The van der Waals surface area contributed by atoms with Crippen LogP contribution in [0.1, 0.15) is 121 Å². The van der Waals surface area contributed by atoms with Crippen LogP contribution in [0, 0.1) is 22.7 Å². The Labute approximate surface area is 187 Å². The third-order valence-electron chi connectivity index (χ3n) is 5.44. The second kappa shape index (κ2) is 15.7. The summed E-state index contributed by atoms with van der Waals surface area (Å²) in [6.07, 6.45) is 11.1. The van der Waals surface area contributed by atoms with Gasteiger partial charge in [-0.2, -0.15) is 0 Å². The van der Waals surface area contributed by atoms with Gasteiger partial charge in [-0.05, 0) is 22.7 Å². The minimum Gasteiger partial charge on any atom is -0.0654 e. The third-order valence-corrected chi connectivity index (χ3v) is 5.44.